The maximum atomic E-state index is 5.07. The molecule has 0 radical (unpaired) electrons. The van der Waals surface area contributed by atoms with E-state index in [0.717, 1.165) is 17.9 Å². The lowest BCUT2D eigenvalue weighted by molar-refractivity contribution is 0.255. The molecule has 130 valence electrons. The first-order valence-corrected chi connectivity index (χ1v) is 9.84. The van der Waals surface area contributed by atoms with Crippen LogP contribution in [0.1, 0.15) is 36.7 Å². The zero-order chi connectivity index (χ0) is 17.4. The number of amidine groups is 1. The van der Waals surface area contributed by atoms with Gasteiger partial charge in [0.15, 0.2) is 5.17 Å². The van der Waals surface area contributed by atoms with Crippen LogP contribution < -0.4 is 4.90 Å². The van der Waals surface area contributed by atoms with Gasteiger partial charge < -0.3 is 9.80 Å². The van der Waals surface area contributed by atoms with E-state index >= 15 is 0 Å². The van der Waals surface area contributed by atoms with Crippen LogP contribution >= 0.6 is 11.8 Å². The highest BCUT2D eigenvalue weighted by molar-refractivity contribution is 8.14. The Balaban J connectivity index is 1.75. The molecule has 0 N–H and O–H groups in total. The second-order valence-corrected chi connectivity index (χ2v) is 7.81. The standard InChI is InChI=1S/C20H24N4S/c1-4-15-13-25-20-22-18(17-7-5-6-12-21-17)19(24(15)20)14-8-10-16(11-9-14)23(2)3/h5-12,15,18-19H,4,13H2,1-3H3/t15-,18+,19-/m1/s1. The second kappa shape index (κ2) is 6.71. The van der Waals surface area contributed by atoms with E-state index in [0.29, 0.717) is 6.04 Å². The fourth-order valence-corrected chi connectivity index (χ4v) is 5.02. The van der Waals surface area contributed by atoms with Gasteiger partial charge in [0.2, 0.25) is 0 Å². The van der Waals surface area contributed by atoms with Gasteiger partial charge in [-0.05, 0) is 36.2 Å². The van der Waals surface area contributed by atoms with Crippen molar-refractivity contribution in [2.75, 3.05) is 24.7 Å². The van der Waals surface area contributed by atoms with Crippen LogP contribution in [0.5, 0.6) is 0 Å². The van der Waals surface area contributed by atoms with Crippen LogP contribution in [0.25, 0.3) is 0 Å². The van der Waals surface area contributed by atoms with Gasteiger partial charge in [-0.3, -0.25) is 9.98 Å². The molecule has 1 aromatic heterocycles. The number of pyridine rings is 1. The van der Waals surface area contributed by atoms with Gasteiger partial charge in [0.25, 0.3) is 0 Å². The van der Waals surface area contributed by atoms with Crippen LogP contribution in [0, 0.1) is 0 Å². The number of fused-ring (bicyclic) bond motifs is 1. The highest BCUT2D eigenvalue weighted by Crippen LogP contribution is 2.48. The molecule has 2 aliphatic heterocycles. The average Bonchev–Trinajstić information content (AvgIpc) is 3.21. The number of benzene rings is 1. The van der Waals surface area contributed by atoms with E-state index < -0.39 is 0 Å². The SMILES string of the molecule is CC[C@@H]1CSC2=N[C@@H](c3ccccn3)[C@@H](c3ccc(N(C)C)cc3)N21. The van der Waals surface area contributed by atoms with E-state index in [1.165, 1.54) is 16.4 Å². The van der Waals surface area contributed by atoms with Gasteiger partial charge in [-0.15, -0.1) is 0 Å². The molecule has 3 atom stereocenters. The summed E-state index contributed by atoms with van der Waals surface area (Å²) in [6.45, 7) is 2.27. The minimum absolute atomic E-state index is 0.0725. The molecule has 25 heavy (non-hydrogen) atoms. The van der Waals surface area contributed by atoms with Crippen molar-refractivity contribution in [2.24, 2.45) is 4.99 Å². The van der Waals surface area contributed by atoms with Gasteiger partial charge in [0.1, 0.15) is 6.04 Å². The van der Waals surface area contributed by atoms with Gasteiger partial charge in [0.05, 0.1) is 11.7 Å². The molecular weight excluding hydrogens is 328 g/mol. The van der Waals surface area contributed by atoms with Gasteiger partial charge in [-0.2, -0.15) is 0 Å². The highest BCUT2D eigenvalue weighted by atomic mass is 32.2. The minimum Gasteiger partial charge on any atom is -0.378 e. The van der Waals surface area contributed by atoms with Gasteiger partial charge in [-0.25, -0.2) is 0 Å². The summed E-state index contributed by atoms with van der Waals surface area (Å²) < 4.78 is 0. The third-order valence-electron chi connectivity index (χ3n) is 5.08. The number of aromatic nitrogens is 1. The van der Waals surface area contributed by atoms with Crippen LogP contribution in [0.3, 0.4) is 0 Å². The normalized spacial score (nSPS) is 25.0. The fourth-order valence-electron chi connectivity index (χ4n) is 3.68. The molecule has 0 bridgehead atoms. The first-order chi connectivity index (χ1) is 12.2. The lowest BCUT2D eigenvalue weighted by Gasteiger charge is -2.32. The van der Waals surface area contributed by atoms with Crippen LogP contribution in [-0.2, 0) is 0 Å². The number of thioether (sulfide) groups is 1. The van der Waals surface area contributed by atoms with E-state index in [1.807, 2.05) is 24.0 Å². The molecule has 0 amide bonds. The summed E-state index contributed by atoms with van der Waals surface area (Å²) in [5.74, 6) is 1.14. The van der Waals surface area contributed by atoms with Crippen molar-refractivity contribution in [3.63, 3.8) is 0 Å². The largest absolute Gasteiger partial charge is 0.378 e. The molecule has 0 spiro atoms. The molecule has 4 nitrogen and oxygen atoms in total. The number of hydrogen-bond donors (Lipinski definition) is 0. The molecule has 2 aromatic rings. The highest BCUT2D eigenvalue weighted by Gasteiger charge is 2.45. The summed E-state index contributed by atoms with van der Waals surface area (Å²) in [6, 6.07) is 15.9. The average molecular weight is 353 g/mol. The lowest BCUT2D eigenvalue weighted by atomic mass is 9.95. The summed E-state index contributed by atoms with van der Waals surface area (Å²) >= 11 is 1.89. The number of rotatable bonds is 4. The molecule has 1 saturated heterocycles. The lowest BCUT2D eigenvalue weighted by Crippen LogP contribution is -2.35. The van der Waals surface area contributed by atoms with Crippen molar-refractivity contribution in [2.45, 2.75) is 31.5 Å². The van der Waals surface area contributed by atoms with Gasteiger partial charge >= 0.3 is 0 Å². The molecule has 0 unspecified atom stereocenters. The van der Waals surface area contributed by atoms with Crippen LogP contribution in [0.2, 0.25) is 0 Å². The zero-order valence-electron chi connectivity index (χ0n) is 15.0. The van der Waals surface area contributed by atoms with E-state index in [-0.39, 0.29) is 12.1 Å². The number of nitrogens with zero attached hydrogens (tertiary/aromatic N) is 4. The van der Waals surface area contributed by atoms with Crippen molar-refractivity contribution in [1.29, 1.82) is 0 Å². The predicted molar refractivity (Wildman–Crippen MR) is 106 cm³/mol. The molecule has 2 aliphatic rings. The predicted octanol–water partition coefficient (Wildman–Crippen LogP) is 4.13. The van der Waals surface area contributed by atoms with Crippen molar-refractivity contribution in [1.82, 2.24) is 9.88 Å². The molecule has 0 saturated carbocycles. The molecule has 5 heteroatoms. The number of aliphatic imine (C=N–C) groups is 1. The third kappa shape index (κ3) is 2.91. The summed E-state index contributed by atoms with van der Waals surface area (Å²) in [5.41, 5.74) is 3.60. The maximum Gasteiger partial charge on any atom is 0.160 e. The number of hydrogen-bond acceptors (Lipinski definition) is 5. The Morgan fingerprint density at radius 1 is 1.16 bits per heavy atom. The van der Waals surface area contributed by atoms with E-state index in [4.69, 9.17) is 4.99 Å². The minimum atomic E-state index is 0.0725. The molecule has 1 fully saturated rings. The van der Waals surface area contributed by atoms with Crippen molar-refractivity contribution in [3.8, 4) is 0 Å². The van der Waals surface area contributed by atoms with Crippen molar-refractivity contribution >= 4 is 22.6 Å². The molecular formula is C20H24N4S. The summed E-state index contributed by atoms with van der Waals surface area (Å²) in [4.78, 5) is 14.3. The van der Waals surface area contributed by atoms with Crippen molar-refractivity contribution in [3.05, 3.63) is 59.9 Å². The third-order valence-corrected chi connectivity index (χ3v) is 6.21. The topological polar surface area (TPSA) is 31.7 Å². The Kier molecular flexibility index (Phi) is 4.42. The first kappa shape index (κ1) is 16.5. The Labute approximate surface area is 154 Å². The molecule has 0 aliphatic carbocycles. The van der Waals surface area contributed by atoms with Crippen LogP contribution in [-0.4, -0.2) is 40.9 Å². The quantitative estimate of drug-likeness (QED) is 0.828. The second-order valence-electron chi connectivity index (χ2n) is 6.82. The van der Waals surface area contributed by atoms with Crippen LogP contribution in [0.15, 0.2) is 53.7 Å². The summed E-state index contributed by atoms with van der Waals surface area (Å²) in [7, 11) is 4.15. The van der Waals surface area contributed by atoms with E-state index in [9.17, 15) is 0 Å². The molecule has 4 rings (SSSR count). The maximum absolute atomic E-state index is 5.07. The molecule has 1 aromatic carbocycles. The van der Waals surface area contributed by atoms with E-state index in [1.54, 1.807) is 0 Å². The Morgan fingerprint density at radius 2 is 1.96 bits per heavy atom. The fraction of sp³-hybridized carbons (Fsp3) is 0.400. The van der Waals surface area contributed by atoms with Crippen LogP contribution in [0.4, 0.5) is 5.69 Å². The molecule has 3 heterocycles. The first-order valence-electron chi connectivity index (χ1n) is 8.86. The smallest absolute Gasteiger partial charge is 0.160 e. The van der Waals surface area contributed by atoms with Gasteiger partial charge in [-0.1, -0.05) is 36.9 Å². The summed E-state index contributed by atoms with van der Waals surface area (Å²) in [6.07, 6.45) is 3.02. The monoisotopic (exact) mass is 352 g/mol. The summed E-state index contributed by atoms with van der Waals surface area (Å²) in [5, 5.41) is 1.18. The Hall–Kier alpha value is -2.01. The van der Waals surface area contributed by atoms with Gasteiger partial charge in [0, 0.05) is 37.8 Å². The Morgan fingerprint density at radius 3 is 2.60 bits per heavy atom. The zero-order valence-corrected chi connectivity index (χ0v) is 15.8. The van der Waals surface area contributed by atoms with Crippen molar-refractivity contribution < 1.29 is 0 Å². The van der Waals surface area contributed by atoms with E-state index in [2.05, 4.69) is 72.2 Å². The number of anilines is 1. The Bertz CT molecular complexity index is 757.